The van der Waals surface area contributed by atoms with Crippen molar-refractivity contribution in [1.82, 2.24) is 9.97 Å². The van der Waals surface area contributed by atoms with Gasteiger partial charge in [-0.3, -0.25) is 4.79 Å². The van der Waals surface area contributed by atoms with Crippen molar-refractivity contribution >= 4 is 15.9 Å². The van der Waals surface area contributed by atoms with Crippen molar-refractivity contribution in [1.29, 1.82) is 0 Å². The maximum atomic E-state index is 11.9. The zero-order valence-corrected chi connectivity index (χ0v) is 13.3. The van der Waals surface area contributed by atoms with Crippen molar-refractivity contribution in [3.8, 4) is 5.75 Å². The molecule has 0 unspecified atom stereocenters. The van der Waals surface area contributed by atoms with Crippen LogP contribution in [0.15, 0.2) is 33.5 Å². The fourth-order valence-electron chi connectivity index (χ4n) is 1.97. The van der Waals surface area contributed by atoms with Crippen LogP contribution in [0.2, 0.25) is 0 Å². The summed E-state index contributed by atoms with van der Waals surface area (Å²) in [4.78, 5) is 19.3. The molecule has 0 aliphatic rings. The Kier molecular flexibility index (Phi) is 4.60. The van der Waals surface area contributed by atoms with E-state index in [9.17, 15) is 4.79 Å². The van der Waals surface area contributed by atoms with Crippen LogP contribution in [0, 0.1) is 0 Å². The summed E-state index contributed by atoms with van der Waals surface area (Å²) in [7, 11) is 1.63. The average Bonchev–Trinajstić information content (AvgIpc) is 2.42. The maximum Gasteiger partial charge on any atom is 0.265 e. The predicted molar refractivity (Wildman–Crippen MR) is 82.4 cm³/mol. The number of aromatic nitrogens is 2. The van der Waals surface area contributed by atoms with Crippen LogP contribution in [0.25, 0.3) is 0 Å². The summed E-state index contributed by atoms with van der Waals surface area (Å²) in [6.07, 6.45) is 0.569. The number of ether oxygens (including phenoxy) is 1. The van der Waals surface area contributed by atoms with E-state index in [-0.39, 0.29) is 11.5 Å². The van der Waals surface area contributed by atoms with Crippen molar-refractivity contribution in [2.75, 3.05) is 7.11 Å². The molecule has 0 bridgehead atoms. The lowest BCUT2D eigenvalue weighted by atomic mass is 10.1. The first-order valence-corrected chi connectivity index (χ1v) is 7.22. The Morgan fingerprint density at radius 1 is 1.40 bits per heavy atom. The second kappa shape index (κ2) is 6.22. The van der Waals surface area contributed by atoms with Gasteiger partial charge in [0.1, 0.15) is 16.0 Å². The molecule has 1 N–H and O–H groups in total. The minimum atomic E-state index is -0.137. The smallest absolute Gasteiger partial charge is 0.265 e. The molecule has 0 spiro atoms. The normalized spacial score (nSPS) is 10.8. The van der Waals surface area contributed by atoms with Gasteiger partial charge in [-0.05, 0) is 39.5 Å². The van der Waals surface area contributed by atoms with Gasteiger partial charge in [-0.2, -0.15) is 0 Å². The molecule has 0 fully saturated rings. The molecule has 0 atom stereocenters. The number of hydrogen-bond acceptors (Lipinski definition) is 3. The van der Waals surface area contributed by atoms with Gasteiger partial charge in [-0.25, -0.2) is 4.98 Å². The number of hydrogen-bond donors (Lipinski definition) is 1. The zero-order valence-electron chi connectivity index (χ0n) is 11.7. The highest BCUT2D eigenvalue weighted by atomic mass is 79.9. The van der Waals surface area contributed by atoms with Gasteiger partial charge >= 0.3 is 0 Å². The molecule has 2 aromatic rings. The third-order valence-electron chi connectivity index (χ3n) is 2.99. The van der Waals surface area contributed by atoms with Crippen molar-refractivity contribution in [3.63, 3.8) is 0 Å². The Balaban J connectivity index is 2.36. The molecule has 1 aromatic carbocycles. The molecule has 0 saturated heterocycles. The highest BCUT2D eigenvalue weighted by molar-refractivity contribution is 9.10. The average molecular weight is 337 g/mol. The van der Waals surface area contributed by atoms with Gasteiger partial charge in [-0.15, -0.1) is 0 Å². The van der Waals surface area contributed by atoms with E-state index < -0.39 is 0 Å². The molecule has 1 heterocycles. The van der Waals surface area contributed by atoms with E-state index in [1.54, 1.807) is 7.11 Å². The molecule has 0 amide bonds. The quantitative estimate of drug-likeness (QED) is 0.932. The highest BCUT2D eigenvalue weighted by Crippen LogP contribution is 2.20. The highest BCUT2D eigenvalue weighted by Gasteiger charge is 2.12. The summed E-state index contributed by atoms with van der Waals surface area (Å²) >= 11 is 3.30. The standard InChI is InChI=1S/C15H17BrN2O2/c1-9(2)14-13(16)15(19)18-12(17-14)8-10-5-4-6-11(7-10)20-3/h4-7,9H,8H2,1-3H3,(H,17,18,19). The SMILES string of the molecule is COc1cccc(Cc2nc(C(C)C)c(Br)c(=O)[nH]2)c1. The van der Waals surface area contributed by atoms with Crippen molar-refractivity contribution in [2.24, 2.45) is 0 Å². The molecule has 0 saturated carbocycles. The van der Waals surface area contributed by atoms with Gasteiger partial charge in [0.25, 0.3) is 5.56 Å². The lowest BCUT2D eigenvalue weighted by Crippen LogP contribution is -2.16. The minimum absolute atomic E-state index is 0.137. The van der Waals surface area contributed by atoms with Crippen molar-refractivity contribution in [2.45, 2.75) is 26.2 Å². The number of halogens is 1. The largest absolute Gasteiger partial charge is 0.497 e. The second-order valence-corrected chi connectivity index (χ2v) is 5.69. The molecule has 0 radical (unpaired) electrons. The lowest BCUT2D eigenvalue weighted by Gasteiger charge is -2.10. The van der Waals surface area contributed by atoms with E-state index in [2.05, 4.69) is 25.9 Å². The molecule has 0 aliphatic carbocycles. The third kappa shape index (κ3) is 3.28. The lowest BCUT2D eigenvalue weighted by molar-refractivity contribution is 0.414. The van der Waals surface area contributed by atoms with Crippen LogP contribution in [-0.4, -0.2) is 17.1 Å². The van der Waals surface area contributed by atoms with E-state index in [1.165, 1.54) is 0 Å². The van der Waals surface area contributed by atoms with Gasteiger partial charge in [0.2, 0.25) is 0 Å². The first-order valence-electron chi connectivity index (χ1n) is 6.42. The third-order valence-corrected chi connectivity index (χ3v) is 3.76. The van der Waals surface area contributed by atoms with Crippen LogP contribution in [0.4, 0.5) is 0 Å². The fraction of sp³-hybridized carbons (Fsp3) is 0.333. The molecule has 0 aliphatic heterocycles. The number of benzene rings is 1. The molecule has 4 nitrogen and oxygen atoms in total. The first kappa shape index (κ1) is 14.8. The summed E-state index contributed by atoms with van der Waals surface area (Å²) in [5.41, 5.74) is 1.69. The Hall–Kier alpha value is -1.62. The summed E-state index contributed by atoms with van der Waals surface area (Å²) in [6.45, 7) is 4.03. The topological polar surface area (TPSA) is 55.0 Å². The van der Waals surface area contributed by atoms with Crippen LogP contribution in [0.1, 0.15) is 36.8 Å². The number of nitrogens with one attached hydrogen (secondary N) is 1. The summed E-state index contributed by atoms with van der Waals surface area (Å²) < 4.78 is 5.71. The number of rotatable bonds is 4. The molecular weight excluding hydrogens is 320 g/mol. The van der Waals surface area contributed by atoms with Gasteiger partial charge in [0.15, 0.2) is 0 Å². The van der Waals surface area contributed by atoms with E-state index in [4.69, 9.17) is 4.74 Å². The van der Waals surface area contributed by atoms with Crippen LogP contribution >= 0.6 is 15.9 Å². The zero-order chi connectivity index (χ0) is 14.7. The van der Waals surface area contributed by atoms with E-state index >= 15 is 0 Å². The van der Waals surface area contributed by atoms with E-state index in [0.29, 0.717) is 16.7 Å². The van der Waals surface area contributed by atoms with Crippen LogP contribution in [0.5, 0.6) is 5.75 Å². The van der Waals surface area contributed by atoms with Crippen LogP contribution in [-0.2, 0) is 6.42 Å². The summed E-state index contributed by atoms with van der Waals surface area (Å²) in [6, 6.07) is 7.74. The molecule has 106 valence electrons. The van der Waals surface area contributed by atoms with Crippen molar-refractivity contribution < 1.29 is 4.74 Å². The van der Waals surface area contributed by atoms with E-state index in [1.807, 2.05) is 38.1 Å². The number of aromatic amines is 1. The Morgan fingerprint density at radius 3 is 2.80 bits per heavy atom. The predicted octanol–water partition coefficient (Wildman–Crippen LogP) is 3.26. The monoisotopic (exact) mass is 336 g/mol. The molecular formula is C15H17BrN2O2. The van der Waals surface area contributed by atoms with Crippen molar-refractivity contribution in [3.05, 3.63) is 56.2 Å². The second-order valence-electron chi connectivity index (χ2n) is 4.89. The minimum Gasteiger partial charge on any atom is -0.497 e. The summed E-state index contributed by atoms with van der Waals surface area (Å²) in [5, 5.41) is 0. The van der Waals surface area contributed by atoms with Gasteiger partial charge in [0, 0.05) is 6.42 Å². The molecule has 2 rings (SSSR count). The Labute approximate surface area is 126 Å². The fourth-order valence-corrected chi connectivity index (χ4v) is 2.61. The van der Waals surface area contributed by atoms with Gasteiger partial charge < -0.3 is 9.72 Å². The van der Waals surface area contributed by atoms with E-state index in [0.717, 1.165) is 17.0 Å². The Bertz CT molecular complexity index is 665. The molecule has 1 aromatic heterocycles. The number of methoxy groups -OCH3 is 1. The Morgan fingerprint density at radius 2 is 2.15 bits per heavy atom. The van der Waals surface area contributed by atoms with Gasteiger partial charge in [0.05, 0.1) is 12.8 Å². The molecule has 20 heavy (non-hydrogen) atoms. The van der Waals surface area contributed by atoms with Crippen LogP contribution in [0.3, 0.4) is 0 Å². The molecule has 5 heteroatoms. The number of nitrogens with zero attached hydrogens (tertiary/aromatic N) is 1. The van der Waals surface area contributed by atoms with Gasteiger partial charge in [-0.1, -0.05) is 26.0 Å². The maximum absolute atomic E-state index is 11.9. The first-order chi connectivity index (χ1) is 9.51. The summed E-state index contributed by atoms with van der Waals surface area (Å²) in [5.74, 6) is 1.65. The number of H-pyrrole nitrogens is 1. The van der Waals surface area contributed by atoms with Crippen LogP contribution < -0.4 is 10.3 Å².